The molecule has 0 radical (unpaired) electrons. The van der Waals surface area contributed by atoms with E-state index in [0.717, 1.165) is 18.7 Å². The van der Waals surface area contributed by atoms with Gasteiger partial charge in [0.05, 0.1) is 0 Å². The molecule has 1 amide bonds. The molecule has 1 aromatic carbocycles. The maximum atomic E-state index is 12.7. The molecule has 4 heteroatoms. The summed E-state index contributed by atoms with van der Waals surface area (Å²) in [5.74, 6) is 0.0926. The first kappa shape index (κ1) is 25.7. The number of hydrogen-bond acceptors (Lipinski definition) is 2. The number of hydrogen-bond donors (Lipinski definition) is 1. The molecule has 0 atom stereocenters. The topological polar surface area (TPSA) is 32.3 Å². The van der Waals surface area contributed by atoms with Crippen molar-refractivity contribution in [2.45, 2.75) is 91.9 Å². The van der Waals surface area contributed by atoms with Crippen LogP contribution in [0.2, 0.25) is 13.3 Å². The van der Waals surface area contributed by atoms with Crippen LogP contribution in [-0.2, 0) is 0 Å². The second-order valence-electron chi connectivity index (χ2n) is 9.33. The number of piperidine rings is 1. The van der Waals surface area contributed by atoms with E-state index >= 15 is 0 Å². The van der Waals surface area contributed by atoms with Crippen LogP contribution in [0.15, 0.2) is 24.3 Å². The van der Waals surface area contributed by atoms with Crippen molar-refractivity contribution in [3.05, 3.63) is 29.8 Å². The summed E-state index contributed by atoms with van der Waals surface area (Å²) in [5, 5.41) is 3.14. The van der Waals surface area contributed by atoms with Crippen LogP contribution < -0.4 is 8.90 Å². The SMILES string of the molecule is CCC[CH2][Sn]([CH2]CCC)([CH2]CCC)[c]1ccc(C(=O)NCCN2CCCCC2)cc1. The predicted octanol–water partition coefficient (Wildman–Crippen LogP) is 5.96. The van der Waals surface area contributed by atoms with Gasteiger partial charge in [-0.1, -0.05) is 0 Å². The first-order valence-corrected chi connectivity index (χ1v) is 20.2. The van der Waals surface area contributed by atoms with Gasteiger partial charge in [-0.2, -0.15) is 0 Å². The van der Waals surface area contributed by atoms with Gasteiger partial charge in [-0.05, 0) is 0 Å². The third kappa shape index (κ3) is 8.18. The van der Waals surface area contributed by atoms with Crippen LogP contribution in [0, 0.1) is 0 Å². The Kier molecular flexibility index (Phi) is 12.4. The molecule has 1 fully saturated rings. The summed E-state index contributed by atoms with van der Waals surface area (Å²) in [6.45, 7) is 11.1. The molecular weight excluding hydrogens is 475 g/mol. The van der Waals surface area contributed by atoms with Crippen LogP contribution in [0.25, 0.3) is 0 Å². The van der Waals surface area contributed by atoms with Crippen LogP contribution in [0.5, 0.6) is 0 Å². The van der Waals surface area contributed by atoms with E-state index in [1.165, 1.54) is 84.2 Å². The van der Waals surface area contributed by atoms with E-state index in [1.54, 1.807) is 3.58 Å². The van der Waals surface area contributed by atoms with Gasteiger partial charge in [0.1, 0.15) is 0 Å². The minimum atomic E-state index is -2.38. The van der Waals surface area contributed by atoms with Gasteiger partial charge in [-0.3, -0.25) is 0 Å². The molecule has 0 aliphatic carbocycles. The number of nitrogens with one attached hydrogen (secondary N) is 1. The van der Waals surface area contributed by atoms with Crippen molar-refractivity contribution < 1.29 is 4.79 Å². The van der Waals surface area contributed by atoms with Crippen molar-refractivity contribution in [2.75, 3.05) is 26.2 Å². The van der Waals surface area contributed by atoms with Gasteiger partial charge in [0.25, 0.3) is 0 Å². The van der Waals surface area contributed by atoms with Crippen LogP contribution >= 0.6 is 0 Å². The Morgan fingerprint density at radius 1 is 0.867 bits per heavy atom. The molecule has 1 N–H and O–H groups in total. The number of unbranched alkanes of at least 4 members (excludes halogenated alkanes) is 3. The molecule has 0 unspecified atom stereocenters. The predicted molar refractivity (Wildman–Crippen MR) is 134 cm³/mol. The van der Waals surface area contributed by atoms with Crippen molar-refractivity contribution in [3.63, 3.8) is 0 Å². The van der Waals surface area contributed by atoms with E-state index in [1.807, 2.05) is 0 Å². The zero-order chi connectivity index (χ0) is 21.7. The fourth-order valence-corrected chi connectivity index (χ4v) is 20.9. The molecule has 0 aromatic heterocycles. The maximum absolute atomic E-state index is 12.7. The minimum absolute atomic E-state index is 0.0926. The number of carbonyl (C=O) groups excluding carboxylic acids is 1. The normalized spacial score (nSPS) is 15.3. The van der Waals surface area contributed by atoms with Crippen LogP contribution in [0.3, 0.4) is 0 Å². The average Bonchev–Trinajstić information content (AvgIpc) is 2.79. The number of rotatable bonds is 14. The fraction of sp³-hybridized carbons (Fsp3) is 0.731. The van der Waals surface area contributed by atoms with E-state index in [9.17, 15) is 4.79 Å². The van der Waals surface area contributed by atoms with Gasteiger partial charge >= 0.3 is 191 Å². The zero-order valence-electron chi connectivity index (χ0n) is 20.0. The van der Waals surface area contributed by atoms with Crippen LogP contribution in [-0.4, -0.2) is 55.4 Å². The fourth-order valence-electron chi connectivity index (χ4n) is 4.94. The summed E-state index contributed by atoms with van der Waals surface area (Å²) < 4.78 is 6.09. The van der Waals surface area contributed by atoms with E-state index in [2.05, 4.69) is 55.3 Å². The van der Waals surface area contributed by atoms with E-state index < -0.39 is 18.4 Å². The summed E-state index contributed by atoms with van der Waals surface area (Å²) >= 11 is -2.38. The zero-order valence-corrected chi connectivity index (χ0v) is 22.8. The Labute approximate surface area is 190 Å². The molecule has 3 nitrogen and oxygen atoms in total. The molecule has 1 saturated heterocycles. The second-order valence-corrected chi connectivity index (χ2v) is 22.6. The molecule has 30 heavy (non-hydrogen) atoms. The van der Waals surface area contributed by atoms with Crippen molar-refractivity contribution in [2.24, 2.45) is 0 Å². The van der Waals surface area contributed by atoms with Crippen molar-refractivity contribution in [1.82, 2.24) is 10.2 Å². The Morgan fingerprint density at radius 3 is 1.90 bits per heavy atom. The van der Waals surface area contributed by atoms with Gasteiger partial charge in [0, 0.05) is 0 Å². The van der Waals surface area contributed by atoms with Gasteiger partial charge in [0.15, 0.2) is 0 Å². The Morgan fingerprint density at radius 2 is 1.40 bits per heavy atom. The first-order valence-electron chi connectivity index (χ1n) is 12.8. The molecule has 1 heterocycles. The number of amides is 1. The molecule has 0 saturated carbocycles. The van der Waals surface area contributed by atoms with Gasteiger partial charge in [-0.25, -0.2) is 0 Å². The van der Waals surface area contributed by atoms with E-state index in [4.69, 9.17) is 0 Å². The summed E-state index contributed by atoms with van der Waals surface area (Å²) in [7, 11) is 0. The van der Waals surface area contributed by atoms with Crippen LogP contribution in [0.4, 0.5) is 0 Å². The first-order chi connectivity index (χ1) is 14.6. The Hall–Kier alpha value is -0.551. The average molecular weight is 521 g/mol. The molecule has 170 valence electrons. The van der Waals surface area contributed by atoms with Crippen molar-refractivity contribution >= 4 is 27.9 Å². The van der Waals surface area contributed by atoms with Gasteiger partial charge < -0.3 is 0 Å². The second kappa shape index (κ2) is 14.5. The Bertz CT molecular complexity index is 574. The van der Waals surface area contributed by atoms with Crippen LogP contribution in [0.1, 0.15) is 88.9 Å². The summed E-state index contributed by atoms with van der Waals surface area (Å²) in [6, 6.07) is 8.91. The van der Waals surface area contributed by atoms with E-state index in [0.29, 0.717) is 0 Å². The molecule has 0 spiro atoms. The summed E-state index contributed by atoms with van der Waals surface area (Å²) in [5.41, 5.74) is 0.832. The quantitative estimate of drug-likeness (QED) is 0.307. The van der Waals surface area contributed by atoms with Crippen molar-refractivity contribution in [3.8, 4) is 0 Å². The standard InChI is InChI=1S/C14H19N2O.3C4H9.Sn/c17-14(13-7-3-1-4-8-13)15-9-12-16-10-5-2-6-11-16;3*1-3-4-2;/h3-4,7-8H,2,5-6,9-12H2,(H,15,17);3*1,3-4H2,2H3;. The molecular formula is C26H46N2OSn. The van der Waals surface area contributed by atoms with Crippen molar-refractivity contribution in [1.29, 1.82) is 0 Å². The summed E-state index contributed by atoms with van der Waals surface area (Å²) in [6.07, 6.45) is 12.0. The third-order valence-corrected chi connectivity index (χ3v) is 22.6. The monoisotopic (exact) mass is 522 g/mol. The molecule has 2 rings (SSSR count). The molecule has 1 aliphatic rings. The third-order valence-electron chi connectivity index (χ3n) is 6.95. The van der Waals surface area contributed by atoms with E-state index in [-0.39, 0.29) is 5.91 Å². The number of carbonyl (C=O) groups is 1. The van der Waals surface area contributed by atoms with Gasteiger partial charge in [-0.15, -0.1) is 0 Å². The molecule has 1 aliphatic heterocycles. The Balaban J connectivity index is 2.01. The van der Waals surface area contributed by atoms with Gasteiger partial charge in [0.2, 0.25) is 0 Å². The number of benzene rings is 1. The summed E-state index contributed by atoms with van der Waals surface area (Å²) in [4.78, 5) is 15.1. The molecule has 0 bridgehead atoms. The molecule has 1 aromatic rings. The number of nitrogens with zero attached hydrogens (tertiary/aromatic N) is 1. The number of likely N-dealkylation sites (tertiary alicyclic amines) is 1.